The van der Waals surface area contributed by atoms with Crippen LogP contribution in [0.25, 0.3) is 11.2 Å². The molecule has 4 N–H and O–H groups in total. The molecule has 0 radical (unpaired) electrons. The molecule has 7 heteroatoms. The summed E-state index contributed by atoms with van der Waals surface area (Å²) in [7, 11) is 0. The maximum atomic E-state index is 10.1. The van der Waals surface area contributed by atoms with Gasteiger partial charge in [-0.25, -0.2) is 4.98 Å². The summed E-state index contributed by atoms with van der Waals surface area (Å²) in [5, 5.41) is 16.4. The van der Waals surface area contributed by atoms with Crippen molar-refractivity contribution in [2.24, 2.45) is 0 Å². The molecule has 0 atom stereocenters. The molecule has 1 fully saturated rings. The monoisotopic (exact) mass is 262 g/mol. The Balaban J connectivity index is 1.85. The molecule has 2 aromatic heterocycles. The molecule has 1 aliphatic rings. The zero-order valence-corrected chi connectivity index (χ0v) is 10.9. The Kier molecular flexibility index (Phi) is 2.98. The van der Waals surface area contributed by atoms with Gasteiger partial charge < -0.3 is 20.7 Å². The average Bonchev–Trinajstić information content (AvgIpc) is 2.82. The quantitative estimate of drug-likeness (QED) is 0.644. The van der Waals surface area contributed by atoms with Gasteiger partial charge in [0.15, 0.2) is 11.5 Å². The van der Waals surface area contributed by atoms with Gasteiger partial charge in [-0.1, -0.05) is 0 Å². The van der Waals surface area contributed by atoms with Gasteiger partial charge >= 0.3 is 0 Å². The van der Waals surface area contributed by atoms with Crippen LogP contribution in [0.5, 0.6) is 0 Å². The Morgan fingerprint density at radius 3 is 2.89 bits per heavy atom. The number of H-pyrrole nitrogens is 1. The number of fused-ring (bicyclic) bond motifs is 1. The first-order valence-electron chi connectivity index (χ1n) is 6.61. The largest absolute Gasteiger partial charge is 0.388 e. The Morgan fingerprint density at radius 1 is 1.37 bits per heavy atom. The average molecular weight is 262 g/mol. The lowest BCUT2D eigenvalue weighted by molar-refractivity contribution is -0.0202. The van der Waals surface area contributed by atoms with Crippen molar-refractivity contribution >= 4 is 22.9 Å². The molecule has 0 aliphatic heterocycles. The van der Waals surface area contributed by atoms with Crippen LogP contribution < -0.4 is 10.6 Å². The van der Waals surface area contributed by atoms with Crippen LogP contribution in [0.4, 0.5) is 11.8 Å². The second-order valence-corrected chi connectivity index (χ2v) is 4.96. The molecule has 0 amide bonds. The fourth-order valence-corrected chi connectivity index (χ4v) is 2.21. The lowest BCUT2D eigenvalue weighted by Gasteiger charge is -2.36. The fourth-order valence-electron chi connectivity index (χ4n) is 2.21. The molecule has 7 nitrogen and oxygen atoms in total. The summed E-state index contributed by atoms with van der Waals surface area (Å²) < 4.78 is 0. The predicted octanol–water partition coefficient (Wildman–Crippen LogP) is 1.11. The Bertz CT molecular complexity index is 577. The maximum Gasteiger partial charge on any atom is 0.226 e. The summed E-state index contributed by atoms with van der Waals surface area (Å²) in [5.74, 6) is 1.23. The van der Waals surface area contributed by atoms with Crippen LogP contribution in [0.2, 0.25) is 0 Å². The topological polar surface area (TPSA) is 98.8 Å². The van der Waals surface area contributed by atoms with Gasteiger partial charge in [0.2, 0.25) is 5.95 Å². The Hall–Kier alpha value is -1.89. The minimum atomic E-state index is -0.588. The molecule has 0 spiro atoms. The van der Waals surface area contributed by atoms with Crippen molar-refractivity contribution in [2.75, 3.05) is 23.7 Å². The highest BCUT2D eigenvalue weighted by molar-refractivity contribution is 5.83. The molecule has 102 valence electrons. The SMILES string of the molecule is CCNc1nc(NCC2(O)CCC2)c2[nH]cnc2n1. The highest BCUT2D eigenvalue weighted by atomic mass is 16.3. The van der Waals surface area contributed by atoms with E-state index in [0.29, 0.717) is 24.0 Å². The van der Waals surface area contributed by atoms with E-state index in [0.717, 1.165) is 31.3 Å². The number of aromatic nitrogens is 4. The third-order valence-electron chi connectivity index (χ3n) is 3.49. The van der Waals surface area contributed by atoms with Crippen molar-refractivity contribution in [3.8, 4) is 0 Å². The molecule has 1 aliphatic carbocycles. The zero-order valence-electron chi connectivity index (χ0n) is 10.9. The Morgan fingerprint density at radius 2 is 2.21 bits per heavy atom. The van der Waals surface area contributed by atoms with Crippen LogP contribution in [0.1, 0.15) is 26.2 Å². The van der Waals surface area contributed by atoms with Crippen molar-refractivity contribution in [3.63, 3.8) is 0 Å². The van der Waals surface area contributed by atoms with Crippen LogP contribution in [-0.2, 0) is 0 Å². The number of hydrogen-bond donors (Lipinski definition) is 4. The first-order valence-corrected chi connectivity index (χ1v) is 6.61. The Labute approximate surface area is 110 Å². The lowest BCUT2D eigenvalue weighted by Crippen LogP contribution is -2.43. The van der Waals surface area contributed by atoms with Gasteiger partial charge in [-0.3, -0.25) is 0 Å². The lowest BCUT2D eigenvalue weighted by atomic mass is 9.80. The van der Waals surface area contributed by atoms with Crippen molar-refractivity contribution in [2.45, 2.75) is 31.8 Å². The second-order valence-electron chi connectivity index (χ2n) is 4.96. The third kappa shape index (κ3) is 2.33. The van der Waals surface area contributed by atoms with E-state index < -0.39 is 5.60 Å². The van der Waals surface area contributed by atoms with Gasteiger partial charge in [0.05, 0.1) is 11.9 Å². The van der Waals surface area contributed by atoms with Crippen molar-refractivity contribution < 1.29 is 5.11 Å². The van der Waals surface area contributed by atoms with Gasteiger partial charge in [-0.15, -0.1) is 0 Å². The number of imidazole rings is 1. The van der Waals surface area contributed by atoms with Crippen molar-refractivity contribution in [1.82, 2.24) is 19.9 Å². The minimum Gasteiger partial charge on any atom is -0.388 e. The first-order chi connectivity index (χ1) is 9.20. The molecule has 3 rings (SSSR count). The summed E-state index contributed by atoms with van der Waals surface area (Å²) in [6, 6.07) is 0. The molecule has 1 saturated carbocycles. The smallest absolute Gasteiger partial charge is 0.226 e. The molecule has 0 bridgehead atoms. The van der Waals surface area contributed by atoms with E-state index in [4.69, 9.17) is 0 Å². The third-order valence-corrected chi connectivity index (χ3v) is 3.49. The summed E-state index contributed by atoms with van der Waals surface area (Å²) in [5.41, 5.74) is 0.800. The summed E-state index contributed by atoms with van der Waals surface area (Å²) in [4.78, 5) is 15.9. The number of anilines is 2. The van der Waals surface area contributed by atoms with Crippen LogP contribution in [0.3, 0.4) is 0 Å². The molecule has 0 aromatic carbocycles. The van der Waals surface area contributed by atoms with E-state index in [2.05, 4.69) is 30.6 Å². The van der Waals surface area contributed by atoms with Crippen LogP contribution in [0, 0.1) is 0 Å². The van der Waals surface area contributed by atoms with Crippen molar-refractivity contribution in [3.05, 3.63) is 6.33 Å². The standard InChI is InChI=1S/C12H18N6O/c1-2-13-11-17-9(8-10(18-11)16-7-15-8)14-6-12(19)4-3-5-12/h7,19H,2-6H2,1H3,(H3,13,14,15,16,17,18). The normalized spacial score (nSPS) is 17.2. The van der Waals surface area contributed by atoms with E-state index in [-0.39, 0.29) is 0 Å². The van der Waals surface area contributed by atoms with E-state index in [1.807, 2.05) is 6.92 Å². The minimum absolute atomic E-state index is 0.504. The van der Waals surface area contributed by atoms with Gasteiger partial charge in [-0.05, 0) is 26.2 Å². The molecule has 0 saturated heterocycles. The molecule has 0 unspecified atom stereocenters. The maximum absolute atomic E-state index is 10.1. The van der Waals surface area contributed by atoms with Gasteiger partial charge in [0.25, 0.3) is 0 Å². The predicted molar refractivity (Wildman–Crippen MR) is 73.1 cm³/mol. The first kappa shape index (κ1) is 12.2. The molecule has 2 heterocycles. The number of hydrogen-bond acceptors (Lipinski definition) is 6. The molecule has 19 heavy (non-hydrogen) atoms. The molecular weight excluding hydrogens is 244 g/mol. The van der Waals surface area contributed by atoms with E-state index >= 15 is 0 Å². The van der Waals surface area contributed by atoms with Crippen LogP contribution >= 0.6 is 0 Å². The summed E-state index contributed by atoms with van der Waals surface area (Å²) in [6.07, 6.45) is 4.37. The van der Waals surface area contributed by atoms with E-state index in [1.165, 1.54) is 0 Å². The van der Waals surface area contributed by atoms with Crippen LogP contribution in [-0.4, -0.2) is 43.7 Å². The van der Waals surface area contributed by atoms with Gasteiger partial charge in [-0.2, -0.15) is 9.97 Å². The highest BCUT2D eigenvalue weighted by Gasteiger charge is 2.34. The van der Waals surface area contributed by atoms with E-state index in [1.54, 1.807) is 6.33 Å². The number of rotatable bonds is 5. The molecule has 2 aromatic rings. The number of nitrogens with one attached hydrogen (secondary N) is 3. The highest BCUT2D eigenvalue weighted by Crippen LogP contribution is 2.32. The van der Waals surface area contributed by atoms with E-state index in [9.17, 15) is 5.11 Å². The number of aromatic amines is 1. The van der Waals surface area contributed by atoms with Gasteiger partial charge in [0.1, 0.15) is 5.52 Å². The second kappa shape index (κ2) is 4.65. The fraction of sp³-hybridized carbons (Fsp3) is 0.583. The van der Waals surface area contributed by atoms with Gasteiger partial charge in [0, 0.05) is 13.1 Å². The number of aliphatic hydroxyl groups is 1. The van der Waals surface area contributed by atoms with Crippen molar-refractivity contribution in [1.29, 1.82) is 0 Å². The summed E-state index contributed by atoms with van der Waals surface area (Å²) in [6.45, 7) is 3.24. The summed E-state index contributed by atoms with van der Waals surface area (Å²) >= 11 is 0. The number of nitrogens with zero attached hydrogens (tertiary/aromatic N) is 3. The molecular formula is C12H18N6O. The van der Waals surface area contributed by atoms with Crippen LogP contribution in [0.15, 0.2) is 6.33 Å². The zero-order chi connectivity index (χ0) is 13.3.